The molecule has 2 spiro atoms. The first kappa shape index (κ1) is 26.6. The number of ether oxygens (including phenoxy) is 5. The monoisotopic (exact) mass is 532 g/mol. The number of cyclic esters (lactones) is 2. The molecule has 206 valence electrons. The van der Waals surface area contributed by atoms with Gasteiger partial charge in [0, 0.05) is 29.6 Å². The molecule has 0 aromatic carbocycles. The van der Waals surface area contributed by atoms with Crippen molar-refractivity contribution in [2.24, 2.45) is 16.7 Å². The van der Waals surface area contributed by atoms with Crippen molar-refractivity contribution in [3.05, 3.63) is 36.0 Å². The maximum Gasteiger partial charge on any atom is 0.335 e. The Morgan fingerprint density at radius 1 is 1.05 bits per heavy atom. The van der Waals surface area contributed by atoms with Gasteiger partial charge in [-0.25, -0.2) is 19.2 Å². The van der Waals surface area contributed by atoms with E-state index in [9.17, 15) is 29.4 Å². The molecule has 0 aromatic heterocycles. The van der Waals surface area contributed by atoms with Crippen LogP contribution in [-0.4, -0.2) is 83.9 Å². The van der Waals surface area contributed by atoms with Crippen molar-refractivity contribution >= 4 is 23.9 Å². The molecule has 8 atom stereocenters. The summed E-state index contributed by atoms with van der Waals surface area (Å²) >= 11 is 0. The molecule has 11 heteroatoms. The predicted octanol–water partition coefficient (Wildman–Crippen LogP) is 1.24. The average Bonchev–Trinajstić information content (AvgIpc) is 3.66. The van der Waals surface area contributed by atoms with Gasteiger partial charge in [0.2, 0.25) is 0 Å². The summed E-state index contributed by atoms with van der Waals surface area (Å²) in [5.41, 5.74) is -2.45. The molecule has 2 saturated heterocycles. The van der Waals surface area contributed by atoms with E-state index < -0.39 is 70.6 Å². The van der Waals surface area contributed by atoms with Crippen LogP contribution in [0, 0.1) is 16.7 Å². The van der Waals surface area contributed by atoms with Crippen LogP contribution in [0.5, 0.6) is 0 Å². The van der Waals surface area contributed by atoms with Crippen LogP contribution >= 0.6 is 0 Å². The number of rotatable bonds is 1. The van der Waals surface area contributed by atoms with Crippen LogP contribution in [0.25, 0.3) is 0 Å². The zero-order chi connectivity index (χ0) is 27.3. The van der Waals surface area contributed by atoms with Crippen LogP contribution in [0.3, 0.4) is 0 Å². The number of aliphatic hydroxyl groups is 1. The largest absolute Gasteiger partial charge is 0.478 e. The molecule has 2 aliphatic carbocycles. The maximum atomic E-state index is 13.0. The first-order chi connectivity index (χ1) is 18.0. The lowest BCUT2D eigenvalue weighted by Crippen LogP contribution is -2.67. The Kier molecular flexibility index (Phi) is 6.73. The maximum absolute atomic E-state index is 13.0. The van der Waals surface area contributed by atoms with Crippen molar-refractivity contribution < 1.29 is 53.1 Å². The van der Waals surface area contributed by atoms with Gasteiger partial charge in [-0.2, -0.15) is 0 Å². The summed E-state index contributed by atoms with van der Waals surface area (Å²) in [4.78, 5) is 49.4. The first-order valence-corrected chi connectivity index (χ1v) is 12.8. The van der Waals surface area contributed by atoms with Crippen LogP contribution in [0.4, 0.5) is 0 Å². The van der Waals surface area contributed by atoms with E-state index in [-0.39, 0.29) is 38.0 Å². The third-order valence-electron chi connectivity index (χ3n) is 9.19. The molecule has 5 rings (SSSR count). The van der Waals surface area contributed by atoms with Gasteiger partial charge in [-0.1, -0.05) is 26.0 Å². The lowest BCUT2D eigenvalue weighted by Gasteiger charge is -2.58. The number of hydrogen-bond acceptors (Lipinski definition) is 10. The number of aliphatic carboxylic acids is 1. The Morgan fingerprint density at radius 2 is 1.76 bits per heavy atom. The highest BCUT2D eigenvalue weighted by atomic mass is 16.6. The normalized spacial score (nSPS) is 44.9. The van der Waals surface area contributed by atoms with E-state index >= 15 is 0 Å². The van der Waals surface area contributed by atoms with Gasteiger partial charge in [-0.15, -0.1) is 0 Å². The van der Waals surface area contributed by atoms with Crippen LogP contribution in [-0.2, 0) is 42.9 Å². The molecule has 3 aliphatic heterocycles. The molecule has 8 unspecified atom stereocenters. The topological polar surface area (TPSA) is 158 Å². The molecular weight excluding hydrogens is 500 g/mol. The molecule has 2 bridgehead atoms. The Bertz CT molecular complexity index is 1120. The van der Waals surface area contributed by atoms with E-state index in [0.717, 1.165) is 6.08 Å². The Balaban J connectivity index is 1.54. The van der Waals surface area contributed by atoms with Crippen LogP contribution in [0.1, 0.15) is 39.5 Å². The molecule has 5 aliphatic rings. The fraction of sp³-hybridized carbons (Fsp3) is 0.630. The summed E-state index contributed by atoms with van der Waals surface area (Å²) in [6.07, 6.45) is 4.33. The lowest BCUT2D eigenvalue weighted by molar-refractivity contribution is -0.234. The molecule has 3 fully saturated rings. The lowest BCUT2D eigenvalue weighted by atomic mass is 9.51. The van der Waals surface area contributed by atoms with Gasteiger partial charge in [-0.3, -0.25) is 0 Å². The zero-order valence-corrected chi connectivity index (χ0v) is 21.3. The SMILES string of the molecule is CC1CCOC(=O)/C=C\C=C/C(=O)OC2CC3OC4C=C(C(=O)O)CCC4(COC(=O)C1O)C2(C)C31CO1. The Labute approximate surface area is 219 Å². The quantitative estimate of drug-likeness (QED) is 0.284. The number of allylic oxidation sites excluding steroid dienone is 2. The molecule has 0 amide bonds. The molecule has 1 saturated carbocycles. The van der Waals surface area contributed by atoms with Crippen molar-refractivity contribution in [3.8, 4) is 0 Å². The number of epoxide rings is 1. The van der Waals surface area contributed by atoms with E-state index in [2.05, 4.69) is 0 Å². The van der Waals surface area contributed by atoms with E-state index in [1.807, 2.05) is 6.92 Å². The number of hydrogen-bond donors (Lipinski definition) is 2. The summed E-state index contributed by atoms with van der Waals surface area (Å²) in [6, 6.07) is 0. The van der Waals surface area contributed by atoms with E-state index in [1.165, 1.54) is 18.2 Å². The fourth-order valence-electron chi connectivity index (χ4n) is 6.69. The first-order valence-electron chi connectivity index (χ1n) is 12.8. The number of carbonyl (C=O) groups is 4. The fourth-order valence-corrected chi connectivity index (χ4v) is 6.69. The van der Waals surface area contributed by atoms with E-state index in [0.29, 0.717) is 13.0 Å². The van der Waals surface area contributed by atoms with E-state index in [1.54, 1.807) is 13.0 Å². The van der Waals surface area contributed by atoms with Gasteiger partial charge in [0.05, 0.1) is 30.8 Å². The summed E-state index contributed by atoms with van der Waals surface area (Å²) in [6.45, 7) is 3.72. The molecule has 38 heavy (non-hydrogen) atoms. The van der Waals surface area contributed by atoms with Crippen molar-refractivity contribution in [1.29, 1.82) is 0 Å². The average molecular weight is 533 g/mol. The number of carboxylic acids is 1. The van der Waals surface area contributed by atoms with Crippen LogP contribution < -0.4 is 0 Å². The van der Waals surface area contributed by atoms with Crippen molar-refractivity contribution in [3.63, 3.8) is 0 Å². The molecule has 11 nitrogen and oxygen atoms in total. The molecule has 2 N–H and O–H groups in total. The number of carbonyl (C=O) groups excluding carboxylic acids is 3. The zero-order valence-electron chi connectivity index (χ0n) is 21.3. The molecular formula is C27H32O11. The third kappa shape index (κ3) is 4.07. The summed E-state index contributed by atoms with van der Waals surface area (Å²) in [5, 5.41) is 20.3. The molecule has 0 radical (unpaired) electrons. The minimum absolute atomic E-state index is 0.0238. The minimum atomic E-state index is -1.47. The van der Waals surface area contributed by atoms with Gasteiger partial charge in [-0.05, 0) is 31.3 Å². The number of carboxylic acid groups (broad SMARTS) is 1. The molecule has 3 heterocycles. The standard InChI is InChI=1S/C27H32O11/c1-15-8-10-34-20(28)5-3-4-6-21(29)38-17-12-19-27(14-36-27)25(17,2)26(13-35-24(33)22(15)30)9-7-16(23(31)32)11-18(26)37-19/h3-6,11,15,17-19,22,30H,7-10,12-14H2,1-2H3,(H,31,32)/b5-3-,6-4-. The predicted molar refractivity (Wildman–Crippen MR) is 127 cm³/mol. The van der Waals surface area contributed by atoms with Gasteiger partial charge in [0.25, 0.3) is 0 Å². The van der Waals surface area contributed by atoms with Crippen molar-refractivity contribution in [1.82, 2.24) is 0 Å². The Hall–Kier alpha value is -3.02. The highest BCUT2D eigenvalue weighted by Crippen LogP contribution is 2.72. The van der Waals surface area contributed by atoms with Gasteiger partial charge in [0.15, 0.2) is 6.10 Å². The Morgan fingerprint density at radius 3 is 2.45 bits per heavy atom. The van der Waals surface area contributed by atoms with Gasteiger partial charge in [0.1, 0.15) is 18.3 Å². The number of aliphatic hydroxyl groups excluding tert-OH is 1. The van der Waals surface area contributed by atoms with Crippen molar-refractivity contribution in [2.75, 3.05) is 19.8 Å². The highest BCUT2D eigenvalue weighted by molar-refractivity contribution is 5.87. The summed E-state index contributed by atoms with van der Waals surface area (Å²) in [7, 11) is 0. The highest BCUT2D eigenvalue weighted by Gasteiger charge is 2.83. The van der Waals surface area contributed by atoms with Crippen molar-refractivity contribution in [2.45, 2.75) is 69.5 Å². The smallest absolute Gasteiger partial charge is 0.335 e. The van der Waals surface area contributed by atoms with E-state index in [4.69, 9.17) is 23.7 Å². The van der Waals surface area contributed by atoms with Gasteiger partial charge < -0.3 is 33.9 Å². The minimum Gasteiger partial charge on any atom is -0.478 e. The van der Waals surface area contributed by atoms with Crippen LogP contribution in [0.2, 0.25) is 0 Å². The second-order valence-corrected chi connectivity index (χ2v) is 10.9. The molecule has 0 aromatic rings. The second kappa shape index (κ2) is 9.62. The second-order valence-electron chi connectivity index (χ2n) is 10.9. The summed E-state index contributed by atoms with van der Waals surface area (Å²) in [5.74, 6) is -3.72. The van der Waals surface area contributed by atoms with Crippen LogP contribution in [0.15, 0.2) is 36.0 Å². The number of esters is 3. The third-order valence-corrected chi connectivity index (χ3v) is 9.19. The van der Waals surface area contributed by atoms with Gasteiger partial charge >= 0.3 is 23.9 Å². The summed E-state index contributed by atoms with van der Waals surface area (Å²) < 4.78 is 29.2.